The van der Waals surface area contributed by atoms with Crippen molar-refractivity contribution in [2.45, 2.75) is 5.92 Å². The highest BCUT2D eigenvalue weighted by molar-refractivity contribution is 9.10. The molecule has 0 aromatic heterocycles. The molecule has 0 aliphatic rings. The molecule has 2 aromatic rings. The number of ketones is 1. The summed E-state index contributed by atoms with van der Waals surface area (Å²) in [4.78, 5) is 12.4. The summed E-state index contributed by atoms with van der Waals surface area (Å²) >= 11 is 8.90. The molecule has 2 nitrogen and oxygen atoms in total. The second-order valence-electron chi connectivity index (χ2n) is 4.08. The predicted octanol–water partition coefficient (Wildman–Crippen LogP) is 4.73. The summed E-state index contributed by atoms with van der Waals surface area (Å²) in [7, 11) is 0. The summed E-state index contributed by atoms with van der Waals surface area (Å²) in [6.45, 7) is 0. The van der Waals surface area contributed by atoms with Gasteiger partial charge in [0.15, 0.2) is 5.78 Å². The maximum atomic E-state index is 13.5. The van der Waals surface area contributed by atoms with E-state index in [0.717, 1.165) is 0 Å². The Kier molecular flexibility index (Phi) is 4.53. The van der Waals surface area contributed by atoms with Gasteiger partial charge in [-0.1, -0.05) is 29.8 Å². The first kappa shape index (κ1) is 14.7. The Bertz CT molecular complexity index is 711. The molecule has 1 atom stereocenters. The second kappa shape index (κ2) is 6.17. The fraction of sp³-hybridized carbons (Fsp3) is 0.0667. The summed E-state index contributed by atoms with van der Waals surface area (Å²) in [6.07, 6.45) is 0. The molecule has 0 amide bonds. The first-order valence-electron chi connectivity index (χ1n) is 5.68. The van der Waals surface area contributed by atoms with Crippen LogP contribution in [-0.2, 0) is 0 Å². The van der Waals surface area contributed by atoms with Crippen molar-refractivity contribution in [1.29, 1.82) is 5.26 Å². The van der Waals surface area contributed by atoms with Gasteiger partial charge in [-0.15, -0.1) is 0 Å². The first-order valence-corrected chi connectivity index (χ1v) is 6.85. The number of nitriles is 1. The Morgan fingerprint density at radius 2 is 2.00 bits per heavy atom. The third kappa shape index (κ3) is 2.90. The lowest BCUT2D eigenvalue weighted by Crippen LogP contribution is -2.12. The average molecular weight is 353 g/mol. The van der Waals surface area contributed by atoms with E-state index in [9.17, 15) is 14.4 Å². The van der Waals surface area contributed by atoms with Gasteiger partial charge in [0.1, 0.15) is 11.7 Å². The van der Waals surface area contributed by atoms with Gasteiger partial charge in [-0.25, -0.2) is 4.39 Å². The molecule has 0 radical (unpaired) electrons. The Balaban J connectivity index is 2.45. The van der Waals surface area contributed by atoms with Crippen molar-refractivity contribution >= 4 is 33.3 Å². The third-order valence-corrected chi connectivity index (χ3v) is 3.83. The largest absolute Gasteiger partial charge is 0.292 e. The van der Waals surface area contributed by atoms with Crippen LogP contribution < -0.4 is 0 Å². The van der Waals surface area contributed by atoms with Crippen molar-refractivity contribution in [3.63, 3.8) is 0 Å². The molecule has 0 fully saturated rings. The molecule has 100 valence electrons. The van der Waals surface area contributed by atoms with Gasteiger partial charge in [-0.2, -0.15) is 5.26 Å². The summed E-state index contributed by atoms with van der Waals surface area (Å²) in [5.74, 6) is -2.04. The Morgan fingerprint density at radius 3 is 2.65 bits per heavy atom. The van der Waals surface area contributed by atoms with Crippen LogP contribution in [0.4, 0.5) is 4.39 Å². The Labute approximate surface area is 128 Å². The molecule has 0 bridgehead atoms. The number of nitrogens with zero attached hydrogens (tertiary/aromatic N) is 1. The Hall–Kier alpha value is -1.70. The van der Waals surface area contributed by atoms with E-state index in [2.05, 4.69) is 15.9 Å². The van der Waals surface area contributed by atoms with Gasteiger partial charge in [0.25, 0.3) is 0 Å². The molecule has 0 aliphatic heterocycles. The number of carbonyl (C=O) groups excluding carboxylic acids is 1. The number of halogens is 3. The zero-order valence-corrected chi connectivity index (χ0v) is 12.5. The number of benzene rings is 2. The lowest BCUT2D eigenvalue weighted by Gasteiger charge is -2.10. The molecule has 0 saturated heterocycles. The van der Waals surface area contributed by atoms with E-state index in [1.54, 1.807) is 24.3 Å². The minimum Gasteiger partial charge on any atom is -0.292 e. The summed E-state index contributed by atoms with van der Waals surface area (Å²) in [5, 5.41) is 9.68. The predicted molar refractivity (Wildman–Crippen MR) is 78.2 cm³/mol. The zero-order chi connectivity index (χ0) is 14.7. The number of hydrogen-bond donors (Lipinski definition) is 0. The van der Waals surface area contributed by atoms with Crippen molar-refractivity contribution in [1.82, 2.24) is 0 Å². The number of carbonyl (C=O) groups is 1. The van der Waals surface area contributed by atoms with E-state index < -0.39 is 17.5 Å². The maximum absolute atomic E-state index is 13.5. The van der Waals surface area contributed by atoms with Crippen LogP contribution in [0.3, 0.4) is 0 Å². The molecule has 2 aromatic carbocycles. The van der Waals surface area contributed by atoms with Crippen LogP contribution in [0.1, 0.15) is 21.8 Å². The standard InChI is InChI=1S/C15H8BrClFNO/c16-14-11(5-2-6-13(14)18)15(20)12(8-19)9-3-1-4-10(17)7-9/h1-7,12H. The summed E-state index contributed by atoms with van der Waals surface area (Å²) < 4.78 is 13.5. The molecule has 0 spiro atoms. The minimum atomic E-state index is -1.02. The van der Waals surface area contributed by atoms with E-state index in [4.69, 9.17) is 11.6 Å². The lowest BCUT2D eigenvalue weighted by molar-refractivity contribution is 0.0977. The van der Waals surface area contributed by atoms with Crippen LogP contribution in [0.5, 0.6) is 0 Å². The highest BCUT2D eigenvalue weighted by Crippen LogP contribution is 2.28. The van der Waals surface area contributed by atoms with Gasteiger partial charge in [-0.05, 0) is 45.8 Å². The van der Waals surface area contributed by atoms with Crippen LogP contribution in [0, 0.1) is 17.1 Å². The fourth-order valence-electron chi connectivity index (χ4n) is 1.82. The molecule has 0 saturated carbocycles. The molecule has 20 heavy (non-hydrogen) atoms. The normalized spacial score (nSPS) is 11.7. The van der Waals surface area contributed by atoms with Crippen molar-refractivity contribution in [3.05, 3.63) is 68.9 Å². The Morgan fingerprint density at radius 1 is 1.30 bits per heavy atom. The topological polar surface area (TPSA) is 40.9 Å². The molecular weight excluding hydrogens is 345 g/mol. The molecule has 0 aliphatic carbocycles. The van der Waals surface area contributed by atoms with E-state index in [1.807, 2.05) is 6.07 Å². The molecule has 2 rings (SSSR count). The third-order valence-electron chi connectivity index (χ3n) is 2.79. The van der Waals surface area contributed by atoms with E-state index in [1.165, 1.54) is 18.2 Å². The van der Waals surface area contributed by atoms with Gasteiger partial charge < -0.3 is 0 Å². The molecule has 0 N–H and O–H groups in total. The van der Waals surface area contributed by atoms with Crippen LogP contribution in [0.15, 0.2) is 46.9 Å². The number of rotatable bonds is 3. The van der Waals surface area contributed by atoms with Crippen LogP contribution in [0.25, 0.3) is 0 Å². The monoisotopic (exact) mass is 351 g/mol. The zero-order valence-electron chi connectivity index (χ0n) is 10.1. The van der Waals surface area contributed by atoms with Crippen molar-refractivity contribution in [2.75, 3.05) is 0 Å². The van der Waals surface area contributed by atoms with Crippen LogP contribution in [0.2, 0.25) is 5.02 Å². The smallest absolute Gasteiger partial charge is 0.185 e. The van der Waals surface area contributed by atoms with Gasteiger partial charge in [-0.3, -0.25) is 4.79 Å². The number of hydrogen-bond acceptors (Lipinski definition) is 2. The van der Waals surface area contributed by atoms with Gasteiger partial charge in [0.2, 0.25) is 0 Å². The molecule has 1 unspecified atom stereocenters. The van der Waals surface area contributed by atoms with Gasteiger partial charge >= 0.3 is 0 Å². The maximum Gasteiger partial charge on any atom is 0.185 e. The average Bonchev–Trinajstić information content (AvgIpc) is 2.42. The van der Waals surface area contributed by atoms with E-state index in [0.29, 0.717) is 10.6 Å². The van der Waals surface area contributed by atoms with Crippen LogP contribution in [-0.4, -0.2) is 5.78 Å². The first-order chi connectivity index (χ1) is 9.54. The van der Waals surface area contributed by atoms with Gasteiger partial charge in [0.05, 0.1) is 10.5 Å². The van der Waals surface area contributed by atoms with E-state index in [-0.39, 0.29) is 10.0 Å². The fourth-order valence-corrected chi connectivity index (χ4v) is 2.48. The highest BCUT2D eigenvalue weighted by atomic mass is 79.9. The quantitative estimate of drug-likeness (QED) is 0.749. The molecule has 5 heteroatoms. The molecular formula is C15H8BrClFNO. The second-order valence-corrected chi connectivity index (χ2v) is 5.31. The summed E-state index contributed by atoms with van der Waals surface area (Å²) in [5.41, 5.74) is 0.623. The highest BCUT2D eigenvalue weighted by Gasteiger charge is 2.24. The van der Waals surface area contributed by atoms with Crippen LogP contribution >= 0.6 is 27.5 Å². The molecule has 0 heterocycles. The van der Waals surface area contributed by atoms with Crippen molar-refractivity contribution < 1.29 is 9.18 Å². The summed E-state index contributed by atoms with van der Waals surface area (Å²) in [6, 6.07) is 12.6. The minimum absolute atomic E-state index is 0.0623. The van der Waals surface area contributed by atoms with Crippen molar-refractivity contribution in [2.24, 2.45) is 0 Å². The van der Waals surface area contributed by atoms with E-state index >= 15 is 0 Å². The number of Topliss-reactive ketones (excluding diaryl/α,β-unsaturated/α-hetero) is 1. The van der Waals surface area contributed by atoms with Crippen molar-refractivity contribution in [3.8, 4) is 6.07 Å². The lowest BCUT2D eigenvalue weighted by atomic mass is 9.92. The SMILES string of the molecule is N#CC(C(=O)c1cccc(F)c1Br)c1cccc(Cl)c1. The van der Waals surface area contributed by atoms with Gasteiger partial charge in [0, 0.05) is 10.6 Å².